The Labute approximate surface area is 76.8 Å². The van der Waals surface area contributed by atoms with Crippen LogP contribution in [0.25, 0.3) is 0 Å². The molecule has 0 bridgehead atoms. The van der Waals surface area contributed by atoms with Crippen molar-refractivity contribution in [3.05, 3.63) is 24.0 Å². The van der Waals surface area contributed by atoms with Crippen LogP contribution in [0.1, 0.15) is 12.5 Å². The largest absolute Gasteiger partial charge is 0.392 e. The van der Waals surface area contributed by atoms with Crippen molar-refractivity contribution in [2.45, 2.75) is 13.0 Å². The summed E-state index contributed by atoms with van der Waals surface area (Å²) in [4.78, 5) is 3.88. The maximum atomic E-state index is 9.01. The van der Waals surface area contributed by atoms with Crippen LogP contribution >= 0.6 is 0 Å². The summed E-state index contributed by atoms with van der Waals surface area (Å²) in [5, 5.41) is 20.6. The minimum Gasteiger partial charge on any atom is -0.392 e. The topological polar surface area (TPSA) is 68.9 Å². The molecule has 0 saturated carbocycles. The molecule has 0 spiro atoms. The molecule has 0 aliphatic heterocycles. The van der Waals surface area contributed by atoms with Crippen LogP contribution in [0, 0.1) is 11.3 Å². The van der Waals surface area contributed by atoms with E-state index in [-0.39, 0.29) is 0 Å². The lowest BCUT2D eigenvalue weighted by atomic mass is 10.2. The molecule has 0 saturated heterocycles. The lowest BCUT2D eigenvalue weighted by molar-refractivity contribution is 0.208. The maximum Gasteiger partial charge on any atom is 0.101 e. The van der Waals surface area contributed by atoms with Crippen LogP contribution in [-0.4, -0.2) is 22.7 Å². The minimum atomic E-state index is -0.438. The Balaban J connectivity index is 2.71. The van der Waals surface area contributed by atoms with Gasteiger partial charge in [0.1, 0.15) is 6.07 Å². The van der Waals surface area contributed by atoms with Gasteiger partial charge in [-0.2, -0.15) is 5.26 Å². The van der Waals surface area contributed by atoms with E-state index < -0.39 is 6.10 Å². The molecule has 1 atom stereocenters. The first-order chi connectivity index (χ1) is 6.24. The van der Waals surface area contributed by atoms with Crippen molar-refractivity contribution >= 4 is 5.69 Å². The van der Waals surface area contributed by atoms with E-state index in [9.17, 15) is 0 Å². The Morgan fingerprint density at radius 2 is 2.54 bits per heavy atom. The predicted molar refractivity (Wildman–Crippen MR) is 49.1 cm³/mol. The summed E-state index contributed by atoms with van der Waals surface area (Å²) in [6.45, 7) is 2.09. The first-order valence-electron chi connectivity index (χ1n) is 4.00. The highest BCUT2D eigenvalue weighted by Crippen LogP contribution is 2.11. The van der Waals surface area contributed by atoms with Gasteiger partial charge in [0.2, 0.25) is 0 Å². The molecule has 13 heavy (non-hydrogen) atoms. The predicted octanol–water partition coefficient (Wildman–Crippen LogP) is 0.746. The molecule has 1 rings (SSSR count). The lowest BCUT2D eigenvalue weighted by Crippen LogP contribution is -2.15. The van der Waals surface area contributed by atoms with Crippen molar-refractivity contribution in [1.82, 2.24) is 4.98 Å². The maximum absolute atomic E-state index is 9.01. The number of nitriles is 1. The summed E-state index contributed by atoms with van der Waals surface area (Å²) < 4.78 is 0. The molecule has 0 amide bonds. The van der Waals surface area contributed by atoms with Crippen molar-refractivity contribution < 1.29 is 5.11 Å². The minimum absolute atomic E-state index is 0.417. The highest BCUT2D eigenvalue weighted by molar-refractivity contribution is 5.55. The zero-order valence-electron chi connectivity index (χ0n) is 7.36. The second kappa shape index (κ2) is 4.43. The summed E-state index contributed by atoms with van der Waals surface area (Å²) in [5.41, 5.74) is 1.20. The molecule has 2 N–H and O–H groups in total. The van der Waals surface area contributed by atoms with Crippen molar-refractivity contribution in [1.29, 1.82) is 5.26 Å². The molecule has 4 nitrogen and oxygen atoms in total. The molecule has 1 aromatic rings. The highest BCUT2D eigenvalue weighted by Gasteiger charge is 2.01. The van der Waals surface area contributed by atoms with E-state index in [0.29, 0.717) is 17.8 Å². The number of anilines is 1. The molecule has 1 heterocycles. The Kier molecular flexibility index (Phi) is 3.23. The summed E-state index contributed by atoms with van der Waals surface area (Å²) in [7, 11) is 0. The molecule has 0 radical (unpaired) electrons. The molecule has 0 aliphatic rings. The van der Waals surface area contributed by atoms with E-state index in [0.717, 1.165) is 0 Å². The van der Waals surface area contributed by atoms with Gasteiger partial charge in [0, 0.05) is 12.7 Å². The molecule has 4 heteroatoms. The van der Waals surface area contributed by atoms with Gasteiger partial charge in [-0.3, -0.25) is 4.98 Å². The molecule has 0 fully saturated rings. The molecule has 68 valence electrons. The number of nitrogens with zero attached hydrogens (tertiary/aromatic N) is 2. The first-order valence-corrected chi connectivity index (χ1v) is 4.00. The van der Waals surface area contributed by atoms with Crippen molar-refractivity contribution in [2.24, 2.45) is 0 Å². The summed E-state index contributed by atoms with van der Waals surface area (Å²) in [6, 6.07) is 3.66. The SMILES string of the molecule is C[C@H](O)CNc1cnccc1C#N. The number of pyridine rings is 1. The van der Waals surface area contributed by atoms with Gasteiger partial charge in [-0.1, -0.05) is 0 Å². The van der Waals surface area contributed by atoms with E-state index in [1.165, 1.54) is 0 Å². The van der Waals surface area contributed by atoms with E-state index in [1.54, 1.807) is 25.4 Å². The van der Waals surface area contributed by atoms with Crippen LogP contribution in [0.4, 0.5) is 5.69 Å². The van der Waals surface area contributed by atoms with Gasteiger partial charge in [0.05, 0.1) is 23.6 Å². The van der Waals surface area contributed by atoms with Crippen LogP contribution in [-0.2, 0) is 0 Å². The lowest BCUT2D eigenvalue weighted by Gasteiger charge is -2.08. The Hall–Kier alpha value is -1.60. The number of hydrogen-bond acceptors (Lipinski definition) is 4. The zero-order valence-corrected chi connectivity index (χ0v) is 7.36. The molecule has 0 aromatic carbocycles. The molecule has 0 aliphatic carbocycles. The van der Waals surface area contributed by atoms with Crippen LogP contribution in [0.5, 0.6) is 0 Å². The van der Waals surface area contributed by atoms with Crippen LogP contribution in [0.2, 0.25) is 0 Å². The van der Waals surface area contributed by atoms with E-state index >= 15 is 0 Å². The number of aliphatic hydroxyl groups excluding tert-OH is 1. The Morgan fingerprint density at radius 3 is 3.15 bits per heavy atom. The highest BCUT2D eigenvalue weighted by atomic mass is 16.3. The van der Waals surface area contributed by atoms with Crippen LogP contribution < -0.4 is 5.32 Å². The second-order valence-corrected chi connectivity index (χ2v) is 2.76. The number of aliphatic hydroxyl groups is 1. The third-order valence-corrected chi connectivity index (χ3v) is 1.53. The number of nitrogens with one attached hydrogen (secondary N) is 1. The van der Waals surface area contributed by atoms with Crippen molar-refractivity contribution in [3.63, 3.8) is 0 Å². The van der Waals surface area contributed by atoms with Crippen molar-refractivity contribution in [3.8, 4) is 6.07 Å². The van der Waals surface area contributed by atoms with Crippen LogP contribution in [0.15, 0.2) is 18.5 Å². The Bertz CT molecular complexity index is 317. The van der Waals surface area contributed by atoms with E-state index in [4.69, 9.17) is 10.4 Å². The van der Waals surface area contributed by atoms with E-state index in [1.807, 2.05) is 6.07 Å². The Morgan fingerprint density at radius 1 is 1.77 bits per heavy atom. The summed E-state index contributed by atoms with van der Waals surface area (Å²) in [5.74, 6) is 0. The fraction of sp³-hybridized carbons (Fsp3) is 0.333. The smallest absolute Gasteiger partial charge is 0.101 e. The van der Waals surface area contributed by atoms with Gasteiger partial charge in [-0.05, 0) is 13.0 Å². The third kappa shape index (κ3) is 2.73. The summed E-state index contributed by atoms with van der Waals surface area (Å²) >= 11 is 0. The normalized spacial score (nSPS) is 11.8. The second-order valence-electron chi connectivity index (χ2n) is 2.76. The van der Waals surface area contributed by atoms with E-state index in [2.05, 4.69) is 10.3 Å². The average molecular weight is 177 g/mol. The third-order valence-electron chi connectivity index (χ3n) is 1.53. The first kappa shape index (κ1) is 9.49. The van der Waals surface area contributed by atoms with Gasteiger partial charge in [0.15, 0.2) is 0 Å². The molecular weight excluding hydrogens is 166 g/mol. The van der Waals surface area contributed by atoms with Gasteiger partial charge in [-0.15, -0.1) is 0 Å². The number of aromatic nitrogens is 1. The number of hydrogen-bond donors (Lipinski definition) is 2. The van der Waals surface area contributed by atoms with Gasteiger partial charge < -0.3 is 10.4 Å². The fourth-order valence-corrected chi connectivity index (χ4v) is 0.890. The van der Waals surface area contributed by atoms with Crippen molar-refractivity contribution in [2.75, 3.05) is 11.9 Å². The molecular formula is C9H11N3O. The van der Waals surface area contributed by atoms with Gasteiger partial charge >= 0.3 is 0 Å². The van der Waals surface area contributed by atoms with Crippen LogP contribution in [0.3, 0.4) is 0 Å². The quantitative estimate of drug-likeness (QED) is 0.714. The molecule has 1 aromatic heterocycles. The van der Waals surface area contributed by atoms with Gasteiger partial charge in [-0.25, -0.2) is 0 Å². The zero-order chi connectivity index (χ0) is 9.68. The number of rotatable bonds is 3. The molecule has 0 unspecified atom stereocenters. The summed E-state index contributed by atoms with van der Waals surface area (Å²) in [6.07, 6.45) is 2.69. The standard InChI is InChI=1S/C9H11N3O/c1-7(13)5-12-9-6-11-3-2-8(9)4-10/h2-3,6-7,12-13H,5H2,1H3/t7-/m0/s1. The fourth-order valence-electron chi connectivity index (χ4n) is 0.890. The monoisotopic (exact) mass is 177 g/mol. The average Bonchev–Trinajstić information content (AvgIpc) is 2.15. The van der Waals surface area contributed by atoms with Gasteiger partial charge in [0.25, 0.3) is 0 Å².